The van der Waals surface area contributed by atoms with Gasteiger partial charge in [0, 0.05) is 19.3 Å². The molecule has 0 radical (unpaired) electrons. The number of nitrogens with one attached hydrogen (secondary N) is 2. The Morgan fingerprint density at radius 2 is 1.71 bits per heavy atom. The predicted molar refractivity (Wildman–Crippen MR) is 137 cm³/mol. The maximum atomic E-state index is 12.5. The summed E-state index contributed by atoms with van der Waals surface area (Å²) in [6.45, 7) is 5.06. The zero-order chi connectivity index (χ0) is 24.8. The molecule has 0 aliphatic heterocycles. The highest BCUT2D eigenvalue weighted by Gasteiger charge is 2.12. The van der Waals surface area contributed by atoms with Crippen LogP contribution in [0.4, 0.5) is 10.5 Å². The molecule has 3 amide bonds. The molecule has 7 heteroatoms. The van der Waals surface area contributed by atoms with Crippen LogP contribution in [0.5, 0.6) is 0 Å². The summed E-state index contributed by atoms with van der Waals surface area (Å²) in [6, 6.07) is 15.5. The summed E-state index contributed by atoms with van der Waals surface area (Å²) in [7, 11) is 3.15. The van der Waals surface area contributed by atoms with Gasteiger partial charge in [0.25, 0.3) is 0 Å². The maximum Gasteiger partial charge on any atom is 0.321 e. The fourth-order valence-electron chi connectivity index (χ4n) is 3.45. The second-order valence-electron chi connectivity index (χ2n) is 7.95. The molecule has 184 valence electrons. The molecule has 0 aliphatic rings. The van der Waals surface area contributed by atoms with Gasteiger partial charge < -0.3 is 10.1 Å². The number of amides is 3. The number of hydrogen-bond acceptors (Lipinski definition) is 4. The Kier molecular flexibility index (Phi) is 11.7. The van der Waals surface area contributed by atoms with Gasteiger partial charge in [0.05, 0.1) is 13.7 Å². The molecule has 0 aromatic heterocycles. The quantitative estimate of drug-likeness (QED) is 0.176. The van der Waals surface area contributed by atoms with Gasteiger partial charge in [0.2, 0.25) is 0 Å². The Labute approximate surface area is 203 Å². The van der Waals surface area contributed by atoms with E-state index < -0.39 is 5.91 Å². The topological polar surface area (TPSA) is 79.9 Å². The van der Waals surface area contributed by atoms with Crippen molar-refractivity contribution >= 4 is 23.7 Å². The van der Waals surface area contributed by atoms with E-state index in [1.807, 2.05) is 55.5 Å². The lowest BCUT2D eigenvalue weighted by Gasteiger charge is -2.19. The summed E-state index contributed by atoms with van der Waals surface area (Å²) in [6.07, 6.45) is 7.48. The van der Waals surface area contributed by atoms with Crippen LogP contribution in [0.25, 0.3) is 17.2 Å². The van der Waals surface area contributed by atoms with Crippen LogP contribution in [0, 0.1) is 0 Å². The largest absolute Gasteiger partial charge is 0.488 e. The molecule has 0 atom stereocenters. The number of benzene rings is 2. The average molecular weight is 468 g/mol. The van der Waals surface area contributed by atoms with Crippen LogP contribution in [-0.4, -0.2) is 39.2 Å². The van der Waals surface area contributed by atoms with Gasteiger partial charge >= 0.3 is 11.9 Å². The minimum atomic E-state index is -0.441. The third kappa shape index (κ3) is 8.56. The normalized spacial score (nSPS) is 11.1. The van der Waals surface area contributed by atoms with E-state index in [0.717, 1.165) is 35.2 Å². The van der Waals surface area contributed by atoms with E-state index in [-0.39, 0.29) is 11.8 Å². The van der Waals surface area contributed by atoms with Crippen LogP contribution in [0.2, 0.25) is 0 Å². The molecule has 2 N–H and O–H groups in total. The van der Waals surface area contributed by atoms with Crippen molar-refractivity contribution < 1.29 is 19.2 Å². The number of hydroxylamine groups is 1. The smallest absolute Gasteiger partial charge is 0.321 e. The number of urea groups is 1. The average Bonchev–Trinajstić information content (AvgIpc) is 2.86. The fraction of sp³-hybridized carbons (Fsp3) is 0.407. The van der Waals surface area contributed by atoms with Crippen LogP contribution >= 0.6 is 0 Å². The molecule has 7 nitrogen and oxygen atoms in total. The summed E-state index contributed by atoms with van der Waals surface area (Å²) in [5.74, 6) is -0.263. The number of unbranched alkanes of at least 4 members (excludes halogenated alkanes) is 4. The van der Waals surface area contributed by atoms with Gasteiger partial charge in [-0.2, -0.15) is 0 Å². The molecular formula is C27H37N3O4. The molecule has 0 aliphatic carbocycles. The molecule has 0 fully saturated rings. The zero-order valence-corrected chi connectivity index (χ0v) is 20.7. The zero-order valence-electron chi connectivity index (χ0n) is 20.7. The third-order valence-corrected chi connectivity index (χ3v) is 5.35. The molecule has 2 aromatic rings. The van der Waals surface area contributed by atoms with Crippen molar-refractivity contribution in [2.75, 3.05) is 32.2 Å². The first kappa shape index (κ1) is 26.9. The lowest BCUT2D eigenvalue weighted by molar-refractivity contribution is -0.130. The highest BCUT2D eigenvalue weighted by molar-refractivity contribution is 5.95. The summed E-state index contributed by atoms with van der Waals surface area (Å²) in [5.41, 5.74) is 5.91. The number of carbonyl (C=O) groups is 2. The van der Waals surface area contributed by atoms with E-state index in [1.54, 1.807) is 18.0 Å². The Morgan fingerprint density at radius 3 is 2.38 bits per heavy atom. The molecule has 0 spiro atoms. The second kappa shape index (κ2) is 14.8. The van der Waals surface area contributed by atoms with Gasteiger partial charge in [-0.25, -0.2) is 10.3 Å². The molecule has 0 heterocycles. The summed E-state index contributed by atoms with van der Waals surface area (Å²) in [4.78, 5) is 30.9. The Bertz CT molecular complexity index is 941. The first-order chi connectivity index (χ1) is 16.5. The molecule has 0 saturated carbocycles. The fourth-order valence-corrected chi connectivity index (χ4v) is 3.45. The lowest BCUT2D eigenvalue weighted by atomic mass is 10.0. The summed E-state index contributed by atoms with van der Waals surface area (Å²) >= 11 is 0. The van der Waals surface area contributed by atoms with Gasteiger partial charge in [-0.3, -0.25) is 14.5 Å². The van der Waals surface area contributed by atoms with Crippen LogP contribution in [0.15, 0.2) is 54.3 Å². The third-order valence-electron chi connectivity index (χ3n) is 5.35. The van der Waals surface area contributed by atoms with E-state index >= 15 is 0 Å². The molecule has 34 heavy (non-hydrogen) atoms. The van der Waals surface area contributed by atoms with Crippen LogP contribution in [0.1, 0.15) is 51.5 Å². The molecular weight excluding hydrogens is 430 g/mol. The molecule has 0 saturated heterocycles. The van der Waals surface area contributed by atoms with Crippen LogP contribution < -0.4 is 15.7 Å². The lowest BCUT2D eigenvalue weighted by Crippen LogP contribution is -2.37. The Hall–Kier alpha value is -3.32. The Balaban J connectivity index is 2.05. The number of hydrogen-bond donors (Lipinski definition) is 2. The number of anilines is 1. The standard InChI is InChI=1S/C27H37N3O4/c1-5-7-8-9-10-18-28-27(32)30(3)24-13-11-12-23(20-24)22-16-14-21(15-17-22)19-25(34-6-2)26(31)29-33-4/h11-17,19-20H,5-10,18H2,1-4H3,(H,28,32)(H,29,31). The van der Waals surface area contributed by atoms with E-state index in [1.165, 1.54) is 26.4 Å². The van der Waals surface area contributed by atoms with Crippen molar-refractivity contribution in [2.45, 2.75) is 46.0 Å². The van der Waals surface area contributed by atoms with E-state index in [4.69, 9.17) is 4.74 Å². The minimum Gasteiger partial charge on any atom is -0.488 e. The maximum absolute atomic E-state index is 12.5. The van der Waals surface area contributed by atoms with Crippen LogP contribution in [0.3, 0.4) is 0 Å². The van der Waals surface area contributed by atoms with Crippen LogP contribution in [-0.2, 0) is 14.4 Å². The van der Waals surface area contributed by atoms with Gasteiger partial charge in [0.1, 0.15) is 0 Å². The Morgan fingerprint density at radius 1 is 0.971 bits per heavy atom. The van der Waals surface area contributed by atoms with Crippen molar-refractivity contribution in [2.24, 2.45) is 0 Å². The number of carbonyl (C=O) groups excluding carboxylic acids is 2. The van der Waals surface area contributed by atoms with Crippen molar-refractivity contribution in [3.8, 4) is 11.1 Å². The number of rotatable bonds is 13. The monoisotopic (exact) mass is 467 g/mol. The second-order valence-corrected chi connectivity index (χ2v) is 7.95. The van der Waals surface area contributed by atoms with Gasteiger partial charge in [-0.15, -0.1) is 0 Å². The summed E-state index contributed by atoms with van der Waals surface area (Å²) < 4.78 is 5.42. The highest BCUT2D eigenvalue weighted by atomic mass is 16.6. The SMILES string of the molecule is CCCCCCCNC(=O)N(C)c1cccc(-c2ccc(C=C(OCC)C(=O)NOC)cc2)c1. The van der Waals surface area contributed by atoms with E-state index in [9.17, 15) is 9.59 Å². The van der Waals surface area contributed by atoms with Gasteiger partial charge in [-0.1, -0.05) is 69.0 Å². The number of nitrogens with zero attached hydrogens (tertiary/aromatic N) is 1. The van der Waals surface area contributed by atoms with Crippen molar-refractivity contribution in [3.05, 3.63) is 59.9 Å². The highest BCUT2D eigenvalue weighted by Crippen LogP contribution is 2.25. The van der Waals surface area contributed by atoms with Crippen molar-refractivity contribution in [1.29, 1.82) is 0 Å². The minimum absolute atomic E-state index is 0.106. The number of ether oxygens (including phenoxy) is 1. The summed E-state index contributed by atoms with van der Waals surface area (Å²) in [5, 5.41) is 3.00. The van der Waals surface area contributed by atoms with E-state index in [2.05, 4.69) is 22.6 Å². The predicted octanol–water partition coefficient (Wildman–Crippen LogP) is 5.52. The van der Waals surface area contributed by atoms with E-state index in [0.29, 0.717) is 13.2 Å². The van der Waals surface area contributed by atoms with Crippen molar-refractivity contribution in [3.63, 3.8) is 0 Å². The first-order valence-electron chi connectivity index (χ1n) is 11.9. The first-order valence-corrected chi connectivity index (χ1v) is 11.9. The van der Waals surface area contributed by atoms with Crippen molar-refractivity contribution in [1.82, 2.24) is 10.8 Å². The molecule has 2 rings (SSSR count). The molecule has 2 aromatic carbocycles. The molecule has 0 unspecified atom stereocenters. The van der Waals surface area contributed by atoms with Gasteiger partial charge in [0.15, 0.2) is 5.76 Å². The molecule has 0 bridgehead atoms. The van der Waals surface area contributed by atoms with Gasteiger partial charge in [-0.05, 0) is 48.2 Å².